The Bertz CT molecular complexity index is 1570. The SMILES string of the molecule is CCn1c(N2CCN(c3ccccc3)CC2)c(C=C2SC(=S)N(C(C)c3ccccc3)C2=O)c(C)c(C#N)c1=O. The molecular weight excluding hydrogens is 539 g/mol. The highest BCUT2D eigenvalue weighted by Gasteiger charge is 2.37. The predicted molar refractivity (Wildman–Crippen MR) is 167 cm³/mol. The van der Waals surface area contributed by atoms with E-state index >= 15 is 0 Å². The van der Waals surface area contributed by atoms with Gasteiger partial charge >= 0.3 is 0 Å². The van der Waals surface area contributed by atoms with Crippen LogP contribution in [0.5, 0.6) is 0 Å². The minimum Gasteiger partial charge on any atom is -0.368 e. The fourth-order valence-corrected chi connectivity index (χ4v) is 6.82. The monoisotopic (exact) mass is 569 g/mol. The summed E-state index contributed by atoms with van der Waals surface area (Å²) in [5.41, 5.74) is 3.28. The smallest absolute Gasteiger partial charge is 0.270 e. The van der Waals surface area contributed by atoms with E-state index in [9.17, 15) is 14.9 Å². The van der Waals surface area contributed by atoms with E-state index in [2.05, 4.69) is 28.0 Å². The fraction of sp³-hybridized carbons (Fsp3) is 0.290. The van der Waals surface area contributed by atoms with Crippen LogP contribution in [0.2, 0.25) is 0 Å². The number of amides is 1. The van der Waals surface area contributed by atoms with Crippen molar-refractivity contribution in [2.24, 2.45) is 0 Å². The van der Waals surface area contributed by atoms with Gasteiger partial charge in [-0.1, -0.05) is 72.5 Å². The lowest BCUT2D eigenvalue weighted by Crippen LogP contribution is -2.48. The van der Waals surface area contributed by atoms with Gasteiger partial charge in [-0.15, -0.1) is 0 Å². The Morgan fingerprint density at radius 3 is 2.20 bits per heavy atom. The van der Waals surface area contributed by atoms with Crippen molar-refractivity contribution in [1.82, 2.24) is 9.47 Å². The molecule has 1 aromatic heterocycles. The number of para-hydroxylation sites is 1. The number of hydrogen-bond acceptors (Lipinski definition) is 7. The molecule has 2 aromatic carbocycles. The van der Waals surface area contributed by atoms with Crippen molar-refractivity contribution in [3.63, 3.8) is 0 Å². The Kier molecular flexibility index (Phi) is 8.10. The van der Waals surface area contributed by atoms with Gasteiger partial charge in [-0.05, 0) is 50.1 Å². The van der Waals surface area contributed by atoms with Crippen molar-refractivity contribution >= 4 is 51.8 Å². The van der Waals surface area contributed by atoms with Gasteiger partial charge < -0.3 is 9.80 Å². The molecule has 1 atom stereocenters. The minimum atomic E-state index is -0.301. The highest BCUT2D eigenvalue weighted by Crippen LogP contribution is 2.40. The van der Waals surface area contributed by atoms with Crippen LogP contribution in [0.25, 0.3) is 6.08 Å². The Morgan fingerprint density at radius 1 is 1.00 bits per heavy atom. The number of carbonyl (C=O) groups excluding carboxylic acids is 1. The third kappa shape index (κ3) is 5.05. The maximum atomic E-state index is 13.7. The number of thiocarbonyl (C=S) groups is 1. The molecule has 204 valence electrons. The molecule has 0 radical (unpaired) electrons. The van der Waals surface area contributed by atoms with Gasteiger partial charge in [0.25, 0.3) is 11.5 Å². The molecule has 7 nitrogen and oxygen atoms in total. The van der Waals surface area contributed by atoms with Crippen molar-refractivity contribution in [2.45, 2.75) is 33.4 Å². The summed E-state index contributed by atoms with van der Waals surface area (Å²) in [7, 11) is 0. The Labute approximate surface area is 244 Å². The van der Waals surface area contributed by atoms with Crippen LogP contribution in [0.1, 0.15) is 42.1 Å². The lowest BCUT2D eigenvalue weighted by atomic mass is 10.0. The maximum absolute atomic E-state index is 13.7. The predicted octanol–water partition coefficient (Wildman–Crippen LogP) is 5.34. The largest absolute Gasteiger partial charge is 0.368 e. The lowest BCUT2D eigenvalue weighted by Gasteiger charge is -2.39. The van der Waals surface area contributed by atoms with Crippen LogP contribution < -0.4 is 15.4 Å². The highest BCUT2D eigenvalue weighted by atomic mass is 32.2. The average Bonchev–Trinajstić information content (AvgIpc) is 3.27. The maximum Gasteiger partial charge on any atom is 0.270 e. The molecule has 0 saturated carbocycles. The van der Waals surface area contributed by atoms with Crippen LogP contribution in [-0.2, 0) is 11.3 Å². The molecule has 5 rings (SSSR count). The number of nitriles is 1. The van der Waals surface area contributed by atoms with Crippen molar-refractivity contribution in [3.8, 4) is 6.07 Å². The number of thioether (sulfide) groups is 1. The van der Waals surface area contributed by atoms with Gasteiger partial charge in [0.15, 0.2) is 0 Å². The second-order valence-electron chi connectivity index (χ2n) is 9.85. The first-order chi connectivity index (χ1) is 19.3. The third-order valence-corrected chi connectivity index (χ3v) is 8.96. The van der Waals surface area contributed by atoms with Crippen molar-refractivity contribution < 1.29 is 4.79 Å². The van der Waals surface area contributed by atoms with Crippen LogP contribution in [0.4, 0.5) is 11.5 Å². The van der Waals surface area contributed by atoms with Gasteiger partial charge in [0, 0.05) is 44.0 Å². The fourth-order valence-electron chi connectivity index (χ4n) is 5.42. The van der Waals surface area contributed by atoms with Gasteiger partial charge in [-0.25, -0.2) is 0 Å². The zero-order chi connectivity index (χ0) is 28.4. The summed E-state index contributed by atoms with van der Waals surface area (Å²) in [4.78, 5) is 33.8. The average molecular weight is 570 g/mol. The van der Waals surface area contributed by atoms with Crippen LogP contribution in [0, 0.1) is 18.3 Å². The molecule has 2 saturated heterocycles. The zero-order valence-electron chi connectivity index (χ0n) is 22.8. The van der Waals surface area contributed by atoms with Gasteiger partial charge in [0.1, 0.15) is 21.8 Å². The number of pyridine rings is 1. The van der Waals surface area contributed by atoms with E-state index in [1.807, 2.05) is 68.5 Å². The van der Waals surface area contributed by atoms with Gasteiger partial charge in [0.2, 0.25) is 0 Å². The molecule has 2 aliphatic rings. The first kappa shape index (κ1) is 27.7. The van der Waals surface area contributed by atoms with Crippen LogP contribution in [0.15, 0.2) is 70.4 Å². The number of piperazine rings is 1. The van der Waals surface area contributed by atoms with E-state index in [1.165, 1.54) is 17.4 Å². The Hall–Kier alpha value is -3.87. The first-order valence-electron chi connectivity index (χ1n) is 13.4. The minimum absolute atomic E-state index is 0.105. The number of benzene rings is 2. The van der Waals surface area contributed by atoms with Crippen LogP contribution in [-0.4, -0.2) is 45.9 Å². The number of carbonyl (C=O) groups is 1. The first-order valence-corrected chi connectivity index (χ1v) is 14.6. The molecule has 3 aromatic rings. The molecule has 9 heteroatoms. The lowest BCUT2D eigenvalue weighted by molar-refractivity contribution is -0.123. The molecule has 0 N–H and O–H groups in total. The molecule has 2 aliphatic heterocycles. The molecule has 0 bridgehead atoms. The summed E-state index contributed by atoms with van der Waals surface area (Å²) in [6.45, 7) is 9.06. The molecule has 1 unspecified atom stereocenters. The van der Waals surface area contributed by atoms with Crippen molar-refractivity contribution in [3.05, 3.63) is 98.2 Å². The summed E-state index contributed by atoms with van der Waals surface area (Å²) in [5.74, 6) is 0.580. The summed E-state index contributed by atoms with van der Waals surface area (Å²) >= 11 is 6.92. The van der Waals surface area contributed by atoms with E-state index in [-0.39, 0.29) is 23.1 Å². The summed E-state index contributed by atoms with van der Waals surface area (Å²) in [6, 6.07) is 22.0. The van der Waals surface area contributed by atoms with E-state index < -0.39 is 0 Å². The normalized spacial score (nSPS) is 17.4. The summed E-state index contributed by atoms with van der Waals surface area (Å²) in [5, 5.41) is 9.90. The summed E-state index contributed by atoms with van der Waals surface area (Å²) in [6.07, 6.45) is 1.83. The van der Waals surface area contributed by atoms with Crippen LogP contribution in [0.3, 0.4) is 0 Å². The van der Waals surface area contributed by atoms with E-state index in [4.69, 9.17) is 12.2 Å². The molecule has 3 heterocycles. The molecule has 40 heavy (non-hydrogen) atoms. The number of nitrogens with zero attached hydrogens (tertiary/aromatic N) is 5. The second kappa shape index (κ2) is 11.7. The van der Waals surface area contributed by atoms with Crippen molar-refractivity contribution in [2.75, 3.05) is 36.0 Å². The van der Waals surface area contributed by atoms with Gasteiger partial charge in [-0.2, -0.15) is 5.26 Å². The summed E-state index contributed by atoms with van der Waals surface area (Å²) < 4.78 is 2.16. The van der Waals surface area contributed by atoms with Gasteiger partial charge in [0.05, 0.1) is 10.9 Å². The molecule has 0 aliphatic carbocycles. The number of rotatable bonds is 6. The molecule has 2 fully saturated rings. The van der Waals surface area contributed by atoms with Gasteiger partial charge in [-0.3, -0.25) is 19.1 Å². The molecule has 0 spiro atoms. The molecule has 1 amide bonds. The topological polar surface area (TPSA) is 72.6 Å². The van der Waals surface area contributed by atoms with Crippen molar-refractivity contribution in [1.29, 1.82) is 5.26 Å². The highest BCUT2D eigenvalue weighted by molar-refractivity contribution is 8.26. The van der Waals surface area contributed by atoms with Crippen LogP contribution >= 0.6 is 24.0 Å². The zero-order valence-corrected chi connectivity index (χ0v) is 24.5. The van der Waals surface area contributed by atoms with E-state index in [1.54, 1.807) is 16.4 Å². The molecular formula is C31H31N5O2S2. The Balaban J connectivity index is 1.54. The Morgan fingerprint density at radius 2 is 1.60 bits per heavy atom. The van der Waals surface area contributed by atoms with E-state index in [0.29, 0.717) is 34.4 Å². The standard InChI is InChI=1S/C31H31N5O2S2/c1-4-35-28(34-17-15-33(16-18-34)24-13-9-6-10-14-24)25(21(2)26(20-32)29(35)37)19-27-30(38)36(31(39)40-27)22(3)23-11-7-5-8-12-23/h5-14,19,22H,4,15-18H2,1-3H3. The third-order valence-electron chi connectivity index (χ3n) is 7.63. The quantitative estimate of drug-likeness (QED) is 0.293. The number of anilines is 2. The number of hydrogen-bond donors (Lipinski definition) is 0. The number of aromatic nitrogens is 1. The second-order valence-corrected chi connectivity index (χ2v) is 11.5. The van der Waals surface area contributed by atoms with E-state index in [0.717, 1.165) is 30.0 Å².